The van der Waals surface area contributed by atoms with Crippen molar-refractivity contribution in [2.24, 2.45) is 5.92 Å². The molecule has 1 fully saturated rings. The van der Waals surface area contributed by atoms with Gasteiger partial charge >= 0.3 is 0 Å². The minimum absolute atomic E-state index is 0.00332. The van der Waals surface area contributed by atoms with Crippen LogP contribution in [-0.4, -0.2) is 44.6 Å². The summed E-state index contributed by atoms with van der Waals surface area (Å²) in [6.07, 6.45) is 0.276. The standard InChI is InChI=1S/C10H20F2N2/c1-14(6-4-10(11)12)8-9-3-2-5-13-7-9/h9-10,13H,2-8H2,1H3. The molecule has 1 heterocycles. The second kappa shape index (κ2) is 6.30. The number of halogens is 2. The van der Waals surface area contributed by atoms with E-state index in [1.165, 1.54) is 12.8 Å². The van der Waals surface area contributed by atoms with E-state index in [9.17, 15) is 8.78 Å². The van der Waals surface area contributed by atoms with Crippen molar-refractivity contribution in [1.29, 1.82) is 0 Å². The van der Waals surface area contributed by atoms with Gasteiger partial charge in [0, 0.05) is 19.5 Å². The molecule has 84 valence electrons. The molecule has 1 rings (SSSR count). The molecular weight excluding hydrogens is 186 g/mol. The Labute approximate surface area is 84.7 Å². The van der Waals surface area contributed by atoms with Crippen LogP contribution in [0, 0.1) is 5.92 Å². The molecule has 1 saturated heterocycles. The van der Waals surface area contributed by atoms with Crippen LogP contribution in [0.15, 0.2) is 0 Å². The molecule has 0 bridgehead atoms. The van der Waals surface area contributed by atoms with Crippen LogP contribution in [0.5, 0.6) is 0 Å². The van der Waals surface area contributed by atoms with Crippen molar-refractivity contribution in [3.8, 4) is 0 Å². The zero-order valence-electron chi connectivity index (χ0n) is 8.81. The van der Waals surface area contributed by atoms with E-state index in [4.69, 9.17) is 0 Å². The smallest absolute Gasteiger partial charge is 0.239 e. The molecule has 0 aromatic carbocycles. The highest BCUT2D eigenvalue weighted by Crippen LogP contribution is 2.11. The van der Waals surface area contributed by atoms with Crippen LogP contribution < -0.4 is 5.32 Å². The molecule has 0 aromatic heterocycles. The topological polar surface area (TPSA) is 15.3 Å². The van der Waals surface area contributed by atoms with Gasteiger partial charge in [-0.15, -0.1) is 0 Å². The van der Waals surface area contributed by atoms with Gasteiger partial charge in [-0.3, -0.25) is 0 Å². The monoisotopic (exact) mass is 206 g/mol. The number of hydrogen-bond acceptors (Lipinski definition) is 2. The first kappa shape index (κ1) is 11.9. The molecule has 1 atom stereocenters. The minimum atomic E-state index is -2.16. The van der Waals surface area contributed by atoms with Crippen molar-refractivity contribution in [2.75, 3.05) is 33.2 Å². The summed E-state index contributed by atoms with van der Waals surface area (Å²) in [5.41, 5.74) is 0. The Balaban J connectivity index is 2.09. The lowest BCUT2D eigenvalue weighted by Crippen LogP contribution is -2.37. The van der Waals surface area contributed by atoms with E-state index in [0.717, 1.165) is 19.6 Å². The first-order valence-electron chi connectivity index (χ1n) is 5.36. The summed E-state index contributed by atoms with van der Waals surface area (Å²) < 4.78 is 23.9. The second-order valence-electron chi connectivity index (χ2n) is 4.15. The van der Waals surface area contributed by atoms with E-state index in [1.807, 2.05) is 11.9 Å². The van der Waals surface area contributed by atoms with Crippen molar-refractivity contribution >= 4 is 0 Å². The Hall–Kier alpha value is -0.220. The highest BCUT2D eigenvalue weighted by atomic mass is 19.3. The molecular formula is C10H20F2N2. The summed E-state index contributed by atoms with van der Waals surface area (Å²) in [7, 11) is 1.93. The number of alkyl halides is 2. The van der Waals surface area contributed by atoms with Gasteiger partial charge in [0.2, 0.25) is 6.43 Å². The third-order valence-corrected chi connectivity index (χ3v) is 2.70. The van der Waals surface area contributed by atoms with Crippen LogP contribution in [0.25, 0.3) is 0 Å². The largest absolute Gasteiger partial charge is 0.316 e. The summed E-state index contributed by atoms with van der Waals surface area (Å²) in [4.78, 5) is 2.02. The number of piperidine rings is 1. The summed E-state index contributed by atoms with van der Waals surface area (Å²) in [6.45, 7) is 3.60. The molecule has 1 aliphatic rings. The third kappa shape index (κ3) is 4.86. The lowest BCUT2D eigenvalue weighted by atomic mass is 9.99. The van der Waals surface area contributed by atoms with Gasteiger partial charge in [-0.05, 0) is 38.9 Å². The molecule has 0 aliphatic carbocycles. The highest BCUT2D eigenvalue weighted by Gasteiger charge is 2.15. The second-order valence-corrected chi connectivity index (χ2v) is 4.15. The molecule has 0 saturated carbocycles. The molecule has 2 nitrogen and oxygen atoms in total. The molecule has 1 N–H and O–H groups in total. The predicted octanol–water partition coefficient (Wildman–Crippen LogP) is 1.57. The van der Waals surface area contributed by atoms with E-state index < -0.39 is 6.43 Å². The molecule has 14 heavy (non-hydrogen) atoms. The first-order valence-corrected chi connectivity index (χ1v) is 5.36. The summed E-state index contributed by atoms with van der Waals surface area (Å²) in [5, 5.41) is 3.33. The fourth-order valence-electron chi connectivity index (χ4n) is 1.93. The Morgan fingerprint density at radius 1 is 1.50 bits per heavy atom. The molecule has 0 radical (unpaired) electrons. The predicted molar refractivity (Wildman–Crippen MR) is 53.7 cm³/mol. The van der Waals surface area contributed by atoms with E-state index in [-0.39, 0.29) is 6.42 Å². The van der Waals surface area contributed by atoms with Gasteiger partial charge in [0.05, 0.1) is 0 Å². The Morgan fingerprint density at radius 2 is 2.29 bits per heavy atom. The van der Waals surface area contributed by atoms with Crippen LogP contribution in [-0.2, 0) is 0 Å². The number of rotatable bonds is 5. The van der Waals surface area contributed by atoms with Crippen molar-refractivity contribution in [1.82, 2.24) is 10.2 Å². The molecule has 1 aliphatic heterocycles. The van der Waals surface area contributed by atoms with E-state index in [1.54, 1.807) is 0 Å². The van der Waals surface area contributed by atoms with Gasteiger partial charge in [0.15, 0.2) is 0 Å². The zero-order valence-corrected chi connectivity index (χ0v) is 8.81. The maximum Gasteiger partial charge on any atom is 0.239 e. The Morgan fingerprint density at radius 3 is 2.86 bits per heavy atom. The molecule has 0 spiro atoms. The van der Waals surface area contributed by atoms with Gasteiger partial charge < -0.3 is 10.2 Å². The van der Waals surface area contributed by atoms with Crippen LogP contribution >= 0.6 is 0 Å². The minimum Gasteiger partial charge on any atom is -0.316 e. The Bertz CT molecular complexity index is 147. The van der Waals surface area contributed by atoms with Gasteiger partial charge in [-0.2, -0.15) is 0 Å². The van der Waals surface area contributed by atoms with E-state index in [2.05, 4.69) is 5.32 Å². The maximum absolute atomic E-state index is 11.9. The lowest BCUT2D eigenvalue weighted by Gasteiger charge is -2.27. The fraction of sp³-hybridized carbons (Fsp3) is 1.00. The average molecular weight is 206 g/mol. The van der Waals surface area contributed by atoms with Crippen molar-refractivity contribution in [2.45, 2.75) is 25.7 Å². The van der Waals surface area contributed by atoms with Gasteiger partial charge in [-0.1, -0.05) is 0 Å². The van der Waals surface area contributed by atoms with Gasteiger partial charge in [0.25, 0.3) is 0 Å². The number of nitrogens with one attached hydrogen (secondary N) is 1. The van der Waals surface area contributed by atoms with E-state index in [0.29, 0.717) is 12.5 Å². The van der Waals surface area contributed by atoms with Gasteiger partial charge in [-0.25, -0.2) is 8.78 Å². The zero-order chi connectivity index (χ0) is 10.4. The fourth-order valence-corrected chi connectivity index (χ4v) is 1.93. The quantitative estimate of drug-likeness (QED) is 0.734. The molecule has 0 aromatic rings. The number of hydrogen-bond donors (Lipinski definition) is 1. The summed E-state index contributed by atoms with van der Waals surface area (Å²) >= 11 is 0. The maximum atomic E-state index is 11.9. The normalized spacial score (nSPS) is 23.4. The molecule has 4 heteroatoms. The van der Waals surface area contributed by atoms with Crippen LogP contribution in [0.2, 0.25) is 0 Å². The third-order valence-electron chi connectivity index (χ3n) is 2.70. The van der Waals surface area contributed by atoms with E-state index >= 15 is 0 Å². The SMILES string of the molecule is CN(CCC(F)F)CC1CCCNC1. The summed E-state index contributed by atoms with van der Waals surface area (Å²) in [5.74, 6) is 0.645. The van der Waals surface area contributed by atoms with Crippen LogP contribution in [0.1, 0.15) is 19.3 Å². The van der Waals surface area contributed by atoms with Crippen molar-refractivity contribution in [3.05, 3.63) is 0 Å². The van der Waals surface area contributed by atoms with Crippen LogP contribution in [0.4, 0.5) is 8.78 Å². The van der Waals surface area contributed by atoms with Crippen molar-refractivity contribution < 1.29 is 8.78 Å². The highest BCUT2D eigenvalue weighted by molar-refractivity contribution is 4.71. The molecule has 0 amide bonds. The Kier molecular flexibility index (Phi) is 5.33. The van der Waals surface area contributed by atoms with Gasteiger partial charge in [0.1, 0.15) is 0 Å². The van der Waals surface area contributed by atoms with Crippen LogP contribution in [0.3, 0.4) is 0 Å². The summed E-state index contributed by atoms with van der Waals surface area (Å²) in [6, 6.07) is 0. The molecule has 1 unspecified atom stereocenters. The lowest BCUT2D eigenvalue weighted by molar-refractivity contribution is 0.116. The number of nitrogens with zero attached hydrogens (tertiary/aromatic N) is 1. The van der Waals surface area contributed by atoms with Crippen molar-refractivity contribution in [3.63, 3.8) is 0 Å². The first-order chi connectivity index (χ1) is 6.68. The average Bonchev–Trinajstić information content (AvgIpc) is 2.16.